The molecule has 1 atom stereocenters. The molecule has 102 valence electrons. The second-order valence-corrected chi connectivity index (χ2v) is 6.71. The van der Waals surface area contributed by atoms with Gasteiger partial charge in [0.15, 0.2) is 0 Å². The second-order valence-electron chi connectivity index (χ2n) is 4.32. The summed E-state index contributed by atoms with van der Waals surface area (Å²) in [6, 6.07) is 5.59. The molecule has 0 aliphatic heterocycles. The number of amides is 1. The van der Waals surface area contributed by atoms with Gasteiger partial charge in [0, 0.05) is 26.9 Å². The van der Waals surface area contributed by atoms with Crippen molar-refractivity contribution in [1.82, 2.24) is 5.32 Å². The molecule has 2 aromatic rings. The van der Waals surface area contributed by atoms with Crippen LogP contribution < -0.4 is 11.1 Å². The van der Waals surface area contributed by atoms with Gasteiger partial charge >= 0.3 is 0 Å². The minimum atomic E-state index is -0.114. The molecular weight excluding hydrogens is 300 g/mol. The Bertz CT molecular complexity index is 612. The lowest BCUT2D eigenvalue weighted by Crippen LogP contribution is -2.34. The van der Waals surface area contributed by atoms with E-state index >= 15 is 0 Å². The third-order valence-corrected chi connectivity index (χ3v) is 4.93. The Kier molecular flexibility index (Phi) is 4.60. The van der Waals surface area contributed by atoms with Crippen LogP contribution >= 0.6 is 34.7 Å². The van der Waals surface area contributed by atoms with Gasteiger partial charge in [0.25, 0.3) is 5.91 Å². The Morgan fingerprint density at radius 3 is 3.00 bits per heavy atom. The summed E-state index contributed by atoms with van der Waals surface area (Å²) < 4.78 is 0.938. The zero-order valence-electron chi connectivity index (χ0n) is 10.7. The molecular formula is C13H15ClN2OS2. The summed E-state index contributed by atoms with van der Waals surface area (Å²) in [5, 5.41) is 4.49. The van der Waals surface area contributed by atoms with E-state index in [0.717, 1.165) is 15.8 Å². The van der Waals surface area contributed by atoms with Crippen LogP contribution in [-0.4, -0.2) is 24.0 Å². The lowest BCUT2D eigenvalue weighted by Gasteiger charge is -2.11. The molecule has 0 spiro atoms. The van der Waals surface area contributed by atoms with Crippen molar-refractivity contribution in [3.63, 3.8) is 0 Å². The summed E-state index contributed by atoms with van der Waals surface area (Å²) in [6.45, 7) is 1.98. The maximum absolute atomic E-state index is 12.2. The monoisotopic (exact) mass is 314 g/mol. The maximum atomic E-state index is 12.2. The summed E-state index contributed by atoms with van der Waals surface area (Å²) in [7, 11) is 0. The molecule has 0 fully saturated rings. The molecule has 0 saturated carbocycles. The van der Waals surface area contributed by atoms with Gasteiger partial charge in [-0.05, 0) is 31.4 Å². The first-order valence-corrected chi connectivity index (χ1v) is 8.39. The first kappa shape index (κ1) is 14.5. The number of hydrogen-bond acceptors (Lipinski definition) is 4. The number of carbonyl (C=O) groups excluding carboxylic acids is 1. The van der Waals surface area contributed by atoms with Gasteiger partial charge in [-0.25, -0.2) is 0 Å². The molecule has 1 aromatic heterocycles. The van der Waals surface area contributed by atoms with E-state index in [1.807, 2.05) is 25.3 Å². The lowest BCUT2D eigenvalue weighted by molar-refractivity contribution is 0.0948. The standard InChI is InChI=1S/C13H15ClN2OS2/c1-7(6-18-2)16-13(17)12-11(15)9-4-3-8(14)5-10(9)19-12/h3-5,7H,6,15H2,1-2H3,(H,16,17). The van der Waals surface area contributed by atoms with Gasteiger partial charge in [-0.1, -0.05) is 11.6 Å². The third kappa shape index (κ3) is 3.16. The molecule has 3 nitrogen and oxygen atoms in total. The molecule has 0 saturated heterocycles. The Balaban J connectivity index is 2.29. The van der Waals surface area contributed by atoms with E-state index in [9.17, 15) is 4.79 Å². The van der Waals surface area contributed by atoms with Gasteiger partial charge in [-0.15, -0.1) is 11.3 Å². The predicted molar refractivity (Wildman–Crippen MR) is 86.6 cm³/mol. The van der Waals surface area contributed by atoms with E-state index in [2.05, 4.69) is 5.32 Å². The number of halogens is 1. The molecule has 3 N–H and O–H groups in total. The number of benzene rings is 1. The van der Waals surface area contributed by atoms with E-state index < -0.39 is 0 Å². The van der Waals surface area contributed by atoms with Gasteiger partial charge < -0.3 is 11.1 Å². The Morgan fingerprint density at radius 1 is 1.58 bits per heavy atom. The quantitative estimate of drug-likeness (QED) is 0.906. The van der Waals surface area contributed by atoms with Crippen LogP contribution in [0.5, 0.6) is 0 Å². The maximum Gasteiger partial charge on any atom is 0.263 e. The molecule has 1 heterocycles. The number of rotatable bonds is 4. The SMILES string of the molecule is CSCC(C)NC(=O)c1sc2cc(Cl)ccc2c1N. The van der Waals surface area contributed by atoms with Crippen molar-refractivity contribution in [2.24, 2.45) is 0 Å². The van der Waals surface area contributed by atoms with Crippen molar-refractivity contribution in [1.29, 1.82) is 0 Å². The molecule has 2 rings (SSSR count). The number of nitrogens with one attached hydrogen (secondary N) is 1. The van der Waals surface area contributed by atoms with Crippen LogP contribution in [0.1, 0.15) is 16.6 Å². The molecule has 6 heteroatoms. The van der Waals surface area contributed by atoms with E-state index in [0.29, 0.717) is 15.6 Å². The number of anilines is 1. The Labute approximate surface area is 125 Å². The van der Waals surface area contributed by atoms with Crippen LogP contribution in [-0.2, 0) is 0 Å². The summed E-state index contributed by atoms with van der Waals surface area (Å²) in [5.74, 6) is 0.763. The largest absolute Gasteiger partial charge is 0.397 e. The first-order chi connectivity index (χ1) is 9.02. The molecule has 1 aromatic carbocycles. The minimum Gasteiger partial charge on any atom is -0.397 e. The van der Waals surface area contributed by atoms with E-state index in [1.165, 1.54) is 11.3 Å². The van der Waals surface area contributed by atoms with Gasteiger partial charge in [0.1, 0.15) is 4.88 Å². The molecule has 1 unspecified atom stereocenters. The molecule has 0 bridgehead atoms. The second kappa shape index (κ2) is 6.03. The smallest absolute Gasteiger partial charge is 0.263 e. The van der Waals surface area contributed by atoms with Gasteiger partial charge in [-0.2, -0.15) is 11.8 Å². The van der Waals surface area contributed by atoms with Crippen molar-refractivity contribution in [3.8, 4) is 0 Å². The average molecular weight is 315 g/mol. The number of thioether (sulfide) groups is 1. The molecule has 0 aliphatic carbocycles. The highest BCUT2D eigenvalue weighted by atomic mass is 35.5. The number of nitrogens with two attached hydrogens (primary N) is 1. The lowest BCUT2D eigenvalue weighted by atomic mass is 10.2. The van der Waals surface area contributed by atoms with Gasteiger partial charge in [0.05, 0.1) is 5.69 Å². The predicted octanol–water partition coefficient (Wildman–Crippen LogP) is 3.62. The van der Waals surface area contributed by atoms with Gasteiger partial charge in [-0.3, -0.25) is 4.79 Å². The minimum absolute atomic E-state index is 0.114. The summed E-state index contributed by atoms with van der Waals surface area (Å²) in [5.41, 5.74) is 6.57. The highest BCUT2D eigenvalue weighted by Crippen LogP contribution is 2.35. The molecule has 0 radical (unpaired) electrons. The fourth-order valence-electron chi connectivity index (χ4n) is 1.84. The number of fused-ring (bicyclic) bond motifs is 1. The van der Waals surface area contributed by atoms with Crippen molar-refractivity contribution >= 4 is 56.4 Å². The van der Waals surface area contributed by atoms with Crippen LogP contribution in [0.3, 0.4) is 0 Å². The molecule has 1 amide bonds. The summed E-state index contributed by atoms with van der Waals surface area (Å²) in [6.07, 6.45) is 2.01. The third-order valence-electron chi connectivity index (χ3n) is 2.69. The zero-order valence-corrected chi connectivity index (χ0v) is 13.1. The van der Waals surface area contributed by atoms with Crippen LogP contribution in [0.25, 0.3) is 10.1 Å². The summed E-state index contributed by atoms with van der Waals surface area (Å²) in [4.78, 5) is 12.7. The normalized spacial score (nSPS) is 12.6. The van der Waals surface area contributed by atoms with Crippen LogP contribution in [0, 0.1) is 0 Å². The molecule has 19 heavy (non-hydrogen) atoms. The highest BCUT2D eigenvalue weighted by Gasteiger charge is 2.17. The van der Waals surface area contributed by atoms with Crippen molar-refractivity contribution in [2.75, 3.05) is 17.7 Å². The van der Waals surface area contributed by atoms with E-state index in [4.69, 9.17) is 17.3 Å². The topological polar surface area (TPSA) is 55.1 Å². The number of carbonyl (C=O) groups is 1. The fourth-order valence-corrected chi connectivity index (χ4v) is 3.73. The fraction of sp³-hybridized carbons (Fsp3) is 0.308. The number of hydrogen-bond donors (Lipinski definition) is 2. The van der Waals surface area contributed by atoms with E-state index in [1.54, 1.807) is 17.8 Å². The Morgan fingerprint density at radius 2 is 2.32 bits per heavy atom. The zero-order chi connectivity index (χ0) is 14.0. The summed E-state index contributed by atoms with van der Waals surface area (Å²) >= 11 is 9.02. The van der Waals surface area contributed by atoms with Crippen molar-refractivity contribution < 1.29 is 4.79 Å². The number of nitrogen functional groups attached to an aromatic ring is 1. The van der Waals surface area contributed by atoms with Gasteiger partial charge in [0.2, 0.25) is 0 Å². The van der Waals surface area contributed by atoms with Crippen LogP contribution in [0.15, 0.2) is 18.2 Å². The van der Waals surface area contributed by atoms with E-state index in [-0.39, 0.29) is 11.9 Å². The van der Waals surface area contributed by atoms with Crippen molar-refractivity contribution in [2.45, 2.75) is 13.0 Å². The average Bonchev–Trinajstić information content (AvgIpc) is 2.66. The van der Waals surface area contributed by atoms with Crippen molar-refractivity contribution in [3.05, 3.63) is 28.1 Å². The first-order valence-electron chi connectivity index (χ1n) is 5.80. The Hall–Kier alpha value is -0.910. The number of thiophene rings is 1. The van der Waals surface area contributed by atoms with Crippen LogP contribution in [0.2, 0.25) is 5.02 Å². The van der Waals surface area contributed by atoms with Crippen LogP contribution in [0.4, 0.5) is 5.69 Å². The highest BCUT2D eigenvalue weighted by molar-refractivity contribution is 7.98. The molecule has 0 aliphatic rings.